The fraction of sp³-hybridized carbons (Fsp3) is 0.0556. The number of aromatic nitrogens is 1. The molecule has 0 saturated carbocycles. The van der Waals surface area contributed by atoms with Crippen LogP contribution in [0, 0.1) is 10.1 Å². The van der Waals surface area contributed by atoms with Gasteiger partial charge in [0.2, 0.25) is 0 Å². The maximum atomic E-state index is 12.3. The lowest BCUT2D eigenvalue weighted by atomic mass is 10.1. The Morgan fingerprint density at radius 2 is 2.00 bits per heavy atom. The van der Waals surface area contributed by atoms with Gasteiger partial charge in [0, 0.05) is 19.3 Å². The summed E-state index contributed by atoms with van der Waals surface area (Å²) >= 11 is 1.23. The van der Waals surface area contributed by atoms with Crippen LogP contribution in [0.4, 0.5) is 11.5 Å². The van der Waals surface area contributed by atoms with Gasteiger partial charge in [-0.1, -0.05) is 24.3 Å². The summed E-state index contributed by atoms with van der Waals surface area (Å²) in [6.07, 6.45) is 6.49. The van der Waals surface area contributed by atoms with Gasteiger partial charge in [-0.15, -0.1) is 0 Å². The molecule has 2 heterocycles. The molecule has 0 N–H and O–H groups in total. The van der Waals surface area contributed by atoms with E-state index >= 15 is 0 Å². The largest absolute Gasteiger partial charge is 0.289 e. The Balaban J connectivity index is 1.81. The first kappa shape index (κ1) is 17.6. The Kier molecular flexibility index (Phi) is 5.23. The number of nitro groups is 1. The summed E-state index contributed by atoms with van der Waals surface area (Å²) in [5, 5.41) is 11.5. The number of allylic oxidation sites excluding steroid dienone is 2. The molecular formula is C18H14N4O3S. The second-order valence-corrected chi connectivity index (χ2v) is 6.26. The minimum absolute atomic E-state index is 0.0158. The van der Waals surface area contributed by atoms with Crippen LogP contribution in [0.2, 0.25) is 0 Å². The number of pyridine rings is 1. The number of carbonyl (C=O) groups excluding carboxylic acids is 1. The normalized spacial score (nSPS) is 17.6. The minimum atomic E-state index is -0.437. The molecule has 0 spiro atoms. The lowest BCUT2D eigenvalue weighted by Gasteiger charge is -2.06. The summed E-state index contributed by atoms with van der Waals surface area (Å²) < 4.78 is 0. The molecular weight excluding hydrogens is 352 g/mol. The molecule has 0 radical (unpaired) electrons. The van der Waals surface area contributed by atoms with Crippen LogP contribution in [-0.4, -0.2) is 32.9 Å². The summed E-state index contributed by atoms with van der Waals surface area (Å²) in [5.41, 5.74) is 0.489. The van der Waals surface area contributed by atoms with Gasteiger partial charge in [-0.2, -0.15) is 0 Å². The van der Waals surface area contributed by atoms with E-state index in [0.29, 0.717) is 21.5 Å². The van der Waals surface area contributed by atoms with Gasteiger partial charge < -0.3 is 0 Å². The number of carbonyl (C=O) groups is 1. The van der Waals surface area contributed by atoms with Crippen molar-refractivity contribution in [3.8, 4) is 0 Å². The van der Waals surface area contributed by atoms with E-state index in [9.17, 15) is 14.9 Å². The number of benzene rings is 1. The van der Waals surface area contributed by atoms with Crippen LogP contribution < -0.4 is 0 Å². The van der Waals surface area contributed by atoms with Crippen LogP contribution in [0.1, 0.15) is 5.56 Å². The Labute approximate surface area is 153 Å². The third-order valence-corrected chi connectivity index (χ3v) is 4.60. The standard InChI is InChI=1S/C18H14N4O3S/c1-21-17(23)15(26-18(21)20-16-11-4-5-12-19-16)10-6-8-13-7-2-3-9-14(13)22(24)25/h2-12H,1H3/b8-6+,15-10-,20-18+. The number of amidine groups is 1. The predicted molar refractivity (Wildman–Crippen MR) is 102 cm³/mol. The van der Waals surface area contributed by atoms with Gasteiger partial charge in [-0.25, -0.2) is 9.98 Å². The number of hydrogen-bond acceptors (Lipinski definition) is 6. The summed E-state index contributed by atoms with van der Waals surface area (Å²) in [5.74, 6) is 0.336. The SMILES string of the molecule is CN1C(=O)/C(=C/C=C/c2ccccc2[N+](=O)[O-])S/C1=N/c1ccccn1. The maximum absolute atomic E-state index is 12.3. The summed E-state index contributed by atoms with van der Waals surface area (Å²) in [6, 6.07) is 11.8. The smallest absolute Gasteiger partial charge is 0.276 e. The highest BCUT2D eigenvalue weighted by Gasteiger charge is 2.30. The van der Waals surface area contributed by atoms with Gasteiger partial charge in [0.15, 0.2) is 11.0 Å². The Morgan fingerprint density at radius 3 is 2.73 bits per heavy atom. The molecule has 0 aliphatic carbocycles. The average molecular weight is 366 g/mol. The lowest BCUT2D eigenvalue weighted by molar-refractivity contribution is -0.385. The first-order valence-electron chi connectivity index (χ1n) is 7.63. The van der Waals surface area contributed by atoms with Crippen LogP contribution in [0.25, 0.3) is 6.08 Å². The van der Waals surface area contributed by atoms with Gasteiger partial charge in [-0.3, -0.25) is 19.8 Å². The molecule has 1 aliphatic rings. The number of aliphatic imine (C=N–C) groups is 1. The van der Waals surface area contributed by atoms with Crippen molar-refractivity contribution in [2.75, 3.05) is 7.05 Å². The van der Waals surface area contributed by atoms with Crippen molar-refractivity contribution in [2.24, 2.45) is 4.99 Å². The van der Waals surface area contributed by atoms with Gasteiger partial charge in [0.05, 0.1) is 15.4 Å². The highest BCUT2D eigenvalue weighted by Crippen LogP contribution is 2.31. The number of hydrogen-bond donors (Lipinski definition) is 0. The second-order valence-electron chi connectivity index (χ2n) is 5.25. The topological polar surface area (TPSA) is 88.7 Å². The van der Waals surface area contributed by atoms with E-state index < -0.39 is 4.92 Å². The van der Waals surface area contributed by atoms with Crippen LogP contribution >= 0.6 is 11.8 Å². The molecule has 1 aromatic carbocycles. The molecule has 1 saturated heterocycles. The molecule has 7 nitrogen and oxygen atoms in total. The fourth-order valence-corrected chi connectivity index (χ4v) is 3.14. The Hall–Kier alpha value is -3.26. The molecule has 8 heteroatoms. The molecule has 0 unspecified atom stereocenters. The van der Waals surface area contributed by atoms with Crippen molar-refractivity contribution in [2.45, 2.75) is 0 Å². The van der Waals surface area contributed by atoms with Crippen LogP contribution in [0.15, 0.2) is 70.7 Å². The van der Waals surface area contributed by atoms with Gasteiger partial charge >= 0.3 is 0 Å². The van der Waals surface area contributed by atoms with Crippen molar-refractivity contribution in [3.05, 3.63) is 81.4 Å². The zero-order valence-corrected chi connectivity index (χ0v) is 14.6. The molecule has 2 aromatic rings. The highest BCUT2D eigenvalue weighted by atomic mass is 32.2. The number of likely N-dealkylation sites (N-methyl/N-ethyl adjacent to an activating group) is 1. The van der Waals surface area contributed by atoms with Crippen molar-refractivity contribution in [3.63, 3.8) is 0 Å². The third-order valence-electron chi connectivity index (χ3n) is 3.52. The second kappa shape index (κ2) is 7.75. The van der Waals surface area contributed by atoms with Gasteiger partial charge in [0.1, 0.15) is 0 Å². The number of para-hydroxylation sites is 1. The quantitative estimate of drug-likeness (QED) is 0.467. The maximum Gasteiger partial charge on any atom is 0.276 e. The van der Waals surface area contributed by atoms with Crippen molar-refractivity contribution >= 4 is 40.4 Å². The number of amides is 1. The fourth-order valence-electron chi connectivity index (χ4n) is 2.22. The van der Waals surface area contributed by atoms with Crippen molar-refractivity contribution in [1.29, 1.82) is 0 Å². The summed E-state index contributed by atoms with van der Waals surface area (Å²) in [4.78, 5) is 33.3. The van der Waals surface area contributed by atoms with E-state index in [4.69, 9.17) is 0 Å². The molecule has 1 fully saturated rings. The van der Waals surface area contributed by atoms with Crippen molar-refractivity contribution < 1.29 is 9.72 Å². The van der Waals surface area contributed by atoms with Crippen LogP contribution in [-0.2, 0) is 4.79 Å². The minimum Gasteiger partial charge on any atom is -0.289 e. The van der Waals surface area contributed by atoms with E-state index in [1.165, 1.54) is 22.7 Å². The predicted octanol–water partition coefficient (Wildman–Crippen LogP) is 3.78. The molecule has 1 amide bonds. The number of rotatable bonds is 4. The molecule has 3 rings (SSSR count). The Morgan fingerprint density at radius 1 is 1.23 bits per heavy atom. The molecule has 0 bridgehead atoms. The zero-order valence-electron chi connectivity index (χ0n) is 13.8. The summed E-state index contributed by atoms with van der Waals surface area (Å²) in [7, 11) is 1.64. The van der Waals surface area contributed by atoms with E-state index in [1.807, 2.05) is 6.07 Å². The molecule has 0 atom stereocenters. The zero-order chi connectivity index (χ0) is 18.5. The van der Waals surface area contributed by atoms with E-state index in [1.54, 1.807) is 61.8 Å². The number of nitro benzene ring substituents is 1. The molecule has 130 valence electrons. The number of nitrogens with zero attached hydrogens (tertiary/aromatic N) is 4. The molecule has 1 aromatic heterocycles. The Bertz CT molecular complexity index is 938. The molecule has 1 aliphatic heterocycles. The average Bonchev–Trinajstić information content (AvgIpc) is 2.91. The highest BCUT2D eigenvalue weighted by molar-refractivity contribution is 8.18. The number of thioether (sulfide) groups is 1. The first-order chi connectivity index (χ1) is 12.6. The van der Waals surface area contributed by atoms with Crippen LogP contribution in [0.3, 0.4) is 0 Å². The van der Waals surface area contributed by atoms with Gasteiger partial charge in [-0.05, 0) is 42.1 Å². The lowest BCUT2D eigenvalue weighted by Crippen LogP contribution is -2.23. The van der Waals surface area contributed by atoms with E-state index in [-0.39, 0.29) is 11.6 Å². The monoisotopic (exact) mass is 366 g/mol. The first-order valence-corrected chi connectivity index (χ1v) is 8.45. The molecule has 26 heavy (non-hydrogen) atoms. The van der Waals surface area contributed by atoms with Gasteiger partial charge in [0.25, 0.3) is 11.6 Å². The summed E-state index contributed by atoms with van der Waals surface area (Å²) in [6.45, 7) is 0. The van der Waals surface area contributed by atoms with Crippen molar-refractivity contribution in [1.82, 2.24) is 9.88 Å². The third kappa shape index (κ3) is 3.86. The van der Waals surface area contributed by atoms with E-state index in [0.717, 1.165) is 0 Å². The van der Waals surface area contributed by atoms with E-state index in [2.05, 4.69) is 9.98 Å². The van der Waals surface area contributed by atoms with Crippen LogP contribution in [0.5, 0.6) is 0 Å².